The fraction of sp³-hybridized carbons (Fsp3) is 0.238. The zero-order valence-corrected chi connectivity index (χ0v) is 15.4. The maximum absolute atomic E-state index is 14.1. The molecule has 0 aliphatic carbocycles. The maximum Gasteiger partial charge on any atom is 0.340 e. The van der Waals surface area contributed by atoms with E-state index in [2.05, 4.69) is 16.8 Å². The normalized spacial score (nSPS) is 10.7. The second-order valence-electron chi connectivity index (χ2n) is 6.05. The summed E-state index contributed by atoms with van der Waals surface area (Å²) in [6, 6.07) is 6.79. The van der Waals surface area contributed by atoms with E-state index >= 15 is 0 Å². The number of hydrogen-bond donors (Lipinski definition) is 0. The molecule has 2 aromatic heterocycles. The first-order valence-corrected chi connectivity index (χ1v) is 8.79. The average Bonchev–Trinajstić information content (AvgIpc) is 2.65. The Balaban J connectivity index is 2.00. The zero-order chi connectivity index (χ0) is 19.4. The van der Waals surface area contributed by atoms with Gasteiger partial charge >= 0.3 is 5.63 Å². The smallest absolute Gasteiger partial charge is 0.340 e. The predicted molar refractivity (Wildman–Crippen MR) is 101 cm³/mol. The van der Waals surface area contributed by atoms with Crippen LogP contribution in [0.25, 0.3) is 11.0 Å². The van der Waals surface area contributed by atoms with Crippen LogP contribution in [0.15, 0.2) is 39.7 Å². The van der Waals surface area contributed by atoms with Gasteiger partial charge in [0, 0.05) is 35.6 Å². The number of alkyl halides is 1. The van der Waals surface area contributed by atoms with Crippen molar-refractivity contribution in [3.8, 4) is 11.8 Å². The van der Waals surface area contributed by atoms with Gasteiger partial charge in [-0.15, -0.1) is 0 Å². The molecular formula is C21H16ClF2NO2. The average molecular weight is 388 g/mol. The molecule has 0 spiro atoms. The van der Waals surface area contributed by atoms with E-state index in [4.69, 9.17) is 16.0 Å². The lowest BCUT2D eigenvalue weighted by atomic mass is 9.99. The fourth-order valence-corrected chi connectivity index (χ4v) is 2.96. The van der Waals surface area contributed by atoms with Crippen LogP contribution >= 0.6 is 11.6 Å². The van der Waals surface area contributed by atoms with Crippen LogP contribution in [-0.4, -0.2) is 11.7 Å². The third-order valence-electron chi connectivity index (χ3n) is 4.25. The van der Waals surface area contributed by atoms with Gasteiger partial charge in [0.1, 0.15) is 5.58 Å². The van der Waals surface area contributed by atoms with Crippen LogP contribution in [0.1, 0.15) is 35.1 Å². The summed E-state index contributed by atoms with van der Waals surface area (Å²) in [6.07, 6.45) is 2.32. The van der Waals surface area contributed by atoms with E-state index in [0.717, 1.165) is 5.39 Å². The molecule has 27 heavy (non-hydrogen) atoms. The Kier molecular flexibility index (Phi) is 5.88. The minimum absolute atomic E-state index is 0.0585. The highest BCUT2D eigenvalue weighted by Crippen LogP contribution is 2.24. The van der Waals surface area contributed by atoms with E-state index in [-0.39, 0.29) is 17.1 Å². The van der Waals surface area contributed by atoms with Gasteiger partial charge in [0.15, 0.2) is 11.0 Å². The predicted octanol–water partition coefficient (Wildman–Crippen LogP) is 4.98. The van der Waals surface area contributed by atoms with Crippen molar-refractivity contribution in [1.29, 1.82) is 0 Å². The van der Waals surface area contributed by atoms with E-state index in [1.54, 1.807) is 13.0 Å². The molecule has 2 heterocycles. The molecule has 0 fully saturated rings. The number of nitrogens with zero attached hydrogens (tertiary/aromatic N) is 1. The number of aryl methyl sites for hydroxylation is 1. The van der Waals surface area contributed by atoms with Gasteiger partial charge in [-0.2, -0.15) is 0 Å². The molecule has 3 aromatic rings. The highest BCUT2D eigenvalue weighted by Gasteiger charge is 2.15. The minimum atomic E-state index is -0.642. The van der Waals surface area contributed by atoms with Crippen molar-refractivity contribution < 1.29 is 13.2 Å². The molecule has 138 valence electrons. The van der Waals surface area contributed by atoms with Crippen molar-refractivity contribution in [3.05, 3.63) is 74.1 Å². The summed E-state index contributed by atoms with van der Waals surface area (Å²) < 4.78 is 31.7. The molecule has 6 heteroatoms. The first-order chi connectivity index (χ1) is 13.0. The van der Waals surface area contributed by atoms with Crippen molar-refractivity contribution >= 4 is 22.6 Å². The fourth-order valence-electron chi connectivity index (χ4n) is 2.78. The second kappa shape index (κ2) is 8.32. The number of halogens is 3. The third-order valence-corrected chi connectivity index (χ3v) is 4.51. The molecule has 0 aliphatic rings. The summed E-state index contributed by atoms with van der Waals surface area (Å²) in [7, 11) is 0. The van der Waals surface area contributed by atoms with E-state index in [0.29, 0.717) is 35.1 Å². The van der Waals surface area contributed by atoms with Crippen molar-refractivity contribution in [1.82, 2.24) is 4.98 Å². The standard InChI is InChI=1S/C21H16ClF2NO2/c1-13-16-7-6-14(5-3-2-4-9-23)11-18(16)27-21(26)17(13)12-15-8-10-25-20(22)19(15)24/h6-8,10-11H,2,4,9,12H2,1H3. The number of unbranched alkanes of at least 4 members (excludes halogenated alkanes) is 1. The highest BCUT2D eigenvalue weighted by atomic mass is 35.5. The lowest BCUT2D eigenvalue weighted by molar-refractivity contribution is 0.477. The molecular weight excluding hydrogens is 372 g/mol. The van der Waals surface area contributed by atoms with Crippen molar-refractivity contribution in [2.24, 2.45) is 0 Å². The van der Waals surface area contributed by atoms with Crippen LogP contribution in [0.5, 0.6) is 0 Å². The molecule has 0 saturated carbocycles. The summed E-state index contributed by atoms with van der Waals surface area (Å²) in [6.45, 7) is 1.40. The largest absolute Gasteiger partial charge is 0.422 e. The van der Waals surface area contributed by atoms with Crippen molar-refractivity contribution in [2.75, 3.05) is 6.67 Å². The summed E-state index contributed by atoms with van der Waals surface area (Å²) >= 11 is 5.71. The molecule has 0 radical (unpaired) electrons. The Morgan fingerprint density at radius 1 is 1.30 bits per heavy atom. The quantitative estimate of drug-likeness (QED) is 0.274. The first-order valence-electron chi connectivity index (χ1n) is 8.41. The maximum atomic E-state index is 14.1. The van der Waals surface area contributed by atoms with Gasteiger partial charge in [-0.3, -0.25) is 4.39 Å². The third kappa shape index (κ3) is 4.17. The highest BCUT2D eigenvalue weighted by molar-refractivity contribution is 6.29. The SMILES string of the molecule is Cc1c(Cc2ccnc(Cl)c2F)c(=O)oc2cc(C#CCCCF)ccc12. The van der Waals surface area contributed by atoms with Crippen LogP contribution in [0.3, 0.4) is 0 Å². The first kappa shape index (κ1) is 19.1. The zero-order valence-electron chi connectivity index (χ0n) is 14.6. The summed E-state index contributed by atoms with van der Waals surface area (Å²) in [5, 5.41) is 0.519. The Morgan fingerprint density at radius 3 is 2.89 bits per heavy atom. The van der Waals surface area contributed by atoms with Gasteiger partial charge in [0.25, 0.3) is 0 Å². The van der Waals surface area contributed by atoms with Gasteiger partial charge in [-0.1, -0.05) is 23.4 Å². The van der Waals surface area contributed by atoms with E-state index in [1.807, 2.05) is 12.1 Å². The molecule has 3 rings (SSSR count). The van der Waals surface area contributed by atoms with Crippen LogP contribution in [0.2, 0.25) is 5.15 Å². The number of rotatable bonds is 4. The number of fused-ring (bicyclic) bond motifs is 1. The van der Waals surface area contributed by atoms with Crippen LogP contribution in [0.4, 0.5) is 8.78 Å². The van der Waals surface area contributed by atoms with E-state index < -0.39 is 18.1 Å². The summed E-state index contributed by atoms with van der Waals surface area (Å²) in [5.41, 5.74) is 1.92. The van der Waals surface area contributed by atoms with Crippen molar-refractivity contribution in [3.63, 3.8) is 0 Å². The Morgan fingerprint density at radius 2 is 2.11 bits per heavy atom. The van der Waals surface area contributed by atoms with E-state index in [9.17, 15) is 13.6 Å². The second-order valence-corrected chi connectivity index (χ2v) is 6.41. The summed E-state index contributed by atoms with van der Waals surface area (Å²) in [4.78, 5) is 16.1. The molecule has 0 bridgehead atoms. The molecule has 3 nitrogen and oxygen atoms in total. The number of benzene rings is 1. The Labute approximate surface area is 160 Å². The molecule has 0 aliphatic heterocycles. The lowest BCUT2D eigenvalue weighted by Gasteiger charge is -2.09. The van der Waals surface area contributed by atoms with Crippen LogP contribution in [0, 0.1) is 24.6 Å². The Hall–Kier alpha value is -2.71. The van der Waals surface area contributed by atoms with Gasteiger partial charge in [0.05, 0.1) is 6.67 Å². The number of hydrogen-bond acceptors (Lipinski definition) is 3. The molecule has 0 unspecified atom stereocenters. The van der Waals surface area contributed by atoms with Gasteiger partial charge in [0.2, 0.25) is 0 Å². The topological polar surface area (TPSA) is 43.1 Å². The van der Waals surface area contributed by atoms with Gasteiger partial charge in [-0.25, -0.2) is 14.2 Å². The number of pyridine rings is 1. The minimum Gasteiger partial charge on any atom is -0.422 e. The van der Waals surface area contributed by atoms with Gasteiger partial charge < -0.3 is 4.42 Å². The molecule has 0 atom stereocenters. The molecule has 0 saturated heterocycles. The molecule has 1 aromatic carbocycles. The lowest BCUT2D eigenvalue weighted by Crippen LogP contribution is -2.12. The molecule has 0 N–H and O–H groups in total. The number of aromatic nitrogens is 1. The Bertz CT molecular complexity index is 1110. The summed E-state index contributed by atoms with van der Waals surface area (Å²) in [5.74, 6) is 5.17. The van der Waals surface area contributed by atoms with Gasteiger partial charge in [-0.05, 0) is 48.7 Å². The van der Waals surface area contributed by atoms with Crippen LogP contribution in [-0.2, 0) is 6.42 Å². The van der Waals surface area contributed by atoms with E-state index in [1.165, 1.54) is 12.3 Å². The van der Waals surface area contributed by atoms with Crippen molar-refractivity contribution in [2.45, 2.75) is 26.2 Å². The monoisotopic (exact) mass is 387 g/mol. The van der Waals surface area contributed by atoms with Crippen LogP contribution < -0.4 is 5.63 Å². The molecule has 0 amide bonds.